The zero-order chi connectivity index (χ0) is 24.2. The SMILES string of the molecule is COc1cc(N2CCOCC2)ccc1Nc1nc(N)n(-c2ccc(C(=O)N3CCCCC3)cn2)n1. The molecule has 1 amide bonds. The van der Waals surface area contributed by atoms with Crippen LogP contribution < -0.4 is 20.7 Å². The van der Waals surface area contributed by atoms with Crippen LogP contribution in [0.15, 0.2) is 36.5 Å². The number of hydrogen-bond acceptors (Lipinski definition) is 9. The average Bonchev–Trinajstić information content (AvgIpc) is 3.29. The number of methoxy groups -OCH3 is 1. The minimum atomic E-state index is 0.00490. The molecule has 5 rings (SSSR count). The Bertz CT molecular complexity index is 1170. The van der Waals surface area contributed by atoms with E-state index in [2.05, 4.69) is 25.3 Å². The molecule has 2 fully saturated rings. The highest BCUT2D eigenvalue weighted by molar-refractivity contribution is 5.94. The van der Waals surface area contributed by atoms with Gasteiger partial charge in [0.15, 0.2) is 5.82 Å². The van der Waals surface area contributed by atoms with Crippen LogP contribution in [-0.2, 0) is 4.74 Å². The lowest BCUT2D eigenvalue weighted by atomic mass is 10.1. The standard InChI is InChI=1S/C24H30N8O3/c1-34-20-15-18(30-11-13-35-14-12-30)6-7-19(20)27-24-28-23(25)32(29-24)21-8-5-17(16-26-21)22(33)31-9-3-2-4-10-31/h5-8,15-16H,2-4,9-14H2,1H3,(H3,25,27,28,29). The predicted octanol–water partition coefficient (Wildman–Crippen LogP) is 2.46. The quantitative estimate of drug-likeness (QED) is 0.550. The maximum atomic E-state index is 12.7. The molecule has 0 spiro atoms. The Labute approximate surface area is 203 Å². The Kier molecular flexibility index (Phi) is 6.66. The van der Waals surface area contributed by atoms with Gasteiger partial charge in [-0.05, 0) is 43.5 Å². The molecule has 0 atom stereocenters. The van der Waals surface area contributed by atoms with Gasteiger partial charge in [0.25, 0.3) is 5.91 Å². The number of likely N-dealkylation sites (tertiary alicyclic amines) is 1. The number of nitrogens with zero attached hydrogens (tertiary/aromatic N) is 6. The Morgan fingerprint density at radius 1 is 1.09 bits per heavy atom. The second-order valence-electron chi connectivity index (χ2n) is 8.57. The van der Waals surface area contributed by atoms with Crippen LogP contribution >= 0.6 is 0 Å². The number of carbonyl (C=O) groups is 1. The van der Waals surface area contributed by atoms with Gasteiger partial charge in [-0.2, -0.15) is 9.67 Å². The molecule has 2 aromatic heterocycles. The number of piperidine rings is 1. The molecule has 35 heavy (non-hydrogen) atoms. The van der Waals surface area contributed by atoms with Crippen LogP contribution in [0.5, 0.6) is 5.75 Å². The van der Waals surface area contributed by atoms with E-state index in [9.17, 15) is 4.79 Å². The fourth-order valence-electron chi connectivity index (χ4n) is 4.39. The summed E-state index contributed by atoms with van der Waals surface area (Å²) in [5.74, 6) is 1.65. The molecule has 2 aliphatic rings. The van der Waals surface area contributed by atoms with Crippen molar-refractivity contribution in [2.75, 3.05) is 62.5 Å². The second-order valence-corrected chi connectivity index (χ2v) is 8.57. The van der Waals surface area contributed by atoms with Gasteiger partial charge in [0.05, 0.1) is 31.6 Å². The number of aromatic nitrogens is 4. The topological polar surface area (TPSA) is 124 Å². The summed E-state index contributed by atoms with van der Waals surface area (Å²) in [6.45, 7) is 4.70. The number of nitrogen functional groups attached to an aromatic ring is 1. The van der Waals surface area contributed by atoms with Crippen LogP contribution in [0.1, 0.15) is 29.6 Å². The third-order valence-electron chi connectivity index (χ3n) is 6.30. The van der Waals surface area contributed by atoms with E-state index >= 15 is 0 Å². The summed E-state index contributed by atoms with van der Waals surface area (Å²) in [7, 11) is 1.63. The van der Waals surface area contributed by atoms with E-state index in [0.29, 0.717) is 36.3 Å². The van der Waals surface area contributed by atoms with Crippen LogP contribution in [-0.4, -0.2) is 77.1 Å². The van der Waals surface area contributed by atoms with Crippen molar-refractivity contribution in [2.24, 2.45) is 0 Å². The number of anilines is 4. The molecular weight excluding hydrogens is 448 g/mol. The fourth-order valence-corrected chi connectivity index (χ4v) is 4.39. The lowest BCUT2D eigenvalue weighted by molar-refractivity contribution is 0.0724. The first kappa shape index (κ1) is 22.9. The Balaban J connectivity index is 1.31. The molecule has 184 valence electrons. The summed E-state index contributed by atoms with van der Waals surface area (Å²) in [5, 5.41) is 7.63. The number of rotatable bonds is 6. The van der Waals surface area contributed by atoms with Gasteiger partial charge in [0, 0.05) is 44.1 Å². The van der Waals surface area contributed by atoms with Gasteiger partial charge >= 0.3 is 0 Å². The van der Waals surface area contributed by atoms with Gasteiger partial charge in [0.2, 0.25) is 11.9 Å². The first-order valence-corrected chi connectivity index (χ1v) is 11.9. The molecule has 1 aromatic carbocycles. The number of hydrogen-bond donors (Lipinski definition) is 2. The first-order chi connectivity index (χ1) is 17.1. The monoisotopic (exact) mass is 478 g/mol. The highest BCUT2D eigenvalue weighted by atomic mass is 16.5. The molecule has 0 radical (unpaired) electrons. The molecule has 0 bridgehead atoms. The summed E-state index contributed by atoms with van der Waals surface area (Å²) in [6.07, 6.45) is 4.83. The highest BCUT2D eigenvalue weighted by Crippen LogP contribution is 2.32. The van der Waals surface area contributed by atoms with Crippen molar-refractivity contribution >= 4 is 29.2 Å². The molecule has 3 aromatic rings. The van der Waals surface area contributed by atoms with Gasteiger partial charge in [-0.1, -0.05) is 0 Å². The number of nitrogens with two attached hydrogens (primary N) is 1. The molecule has 0 saturated carbocycles. The zero-order valence-electron chi connectivity index (χ0n) is 19.8. The number of benzene rings is 1. The molecule has 2 saturated heterocycles. The smallest absolute Gasteiger partial charge is 0.255 e. The lowest BCUT2D eigenvalue weighted by Crippen LogP contribution is -2.36. The molecule has 11 nitrogen and oxygen atoms in total. The summed E-state index contributed by atoms with van der Waals surface area (Å²) in [4.78, 5) is 25.6. The summed E-state index contributed by atoms with van der Waals surface area (Å²) < 4.78 is 12.5. The van der Waals surface area contributed by atoms with Gasteiger partial charge in [-0.3, -0.25) is 4.79 Å². The van der Waals surface area contributed by atoms with Crippen LogP contribution in [0.4, 0.5) is 23.3 Å². The van der Waals surface area contributed by atoms with Crippen molar-refractivity contribution in [3.63, 3.8) is 0 Å². The van der Waals surface area contributed by atoms with Crippen molar-refractivity contribution in [3.8, 4) is 11.6 Å². The minimum Gasteiger partial charge on any atom is -0.494 e. The number of carbonyl (C=O) groups excluding carboxylic acids is 1. The second kappa shape index (κ2) is 10.2. The largest absolute Gasteiger partial charge is 0.494 e. The Morgan fingerprint density at radius 3 is 2.60 bits per heavy atom. The molecule has 0 unspecified atom stereocenters. The summed E-state index contributed by atoms with van der Waals surface area (Å²) in [6, 6.07) is 9.41. The maximum absolute atomic E-state index is 12.7. The number of amides is 1. The van der Waals surface area contributed by atoms with Crippen LogP contribution in [0.2, 0.25) is 0 Å². The van der Waals surface area contributed by atoms with Crippen LogP contribution in [0.3, 0.4) is 0 Å². The van der Waals surface area contributed by atoms with Crippen molar-refractivity contribution in [1.82, 2.24) is 24.6 Å². The van der Waals surface area contributed by atoms with Crippen molar-refractivity contribution in [2.45, 2.75) is 19.3 Å². The van der Waals surface area contributed by atoms with Crippen LogP contribution in [0.25, 0.3) is 5.82 Å². The molecule has 0 aliphatic carbocycles. The van der Waals surface area contributed by atoms with E-state index < -0.39 is 0 Å². The summed E-state index contributed by atoms with van der Waals surface area (Å²) >= 11 is 0. The van der Waals surface area contributed by atoms with Gasteiger partial charge in [-0.15, -0.1) is 5.10 Å². The predicted molar refractivity (Wildman–Crippen MR) is 133 cm³/mol. The Hall–Kier alpha value is -3.86. The van der Waals surface area contributed by atoms with Gasteiger partial charge in [0.1, 0.15) is 5.75 Å². The number of ether oxygens (including phenoxy) is 2. The van der Waals surface area contributed by atoms with E-state index in [1.165, 1.54) is 11.1 Å². The average molecular weight is 479 g/mol. The number of nitrogens with one attached hydrogen (secondary N) is 1. The van der Waals surface area contributed by atoms with Crippen molar-refractivity contribution in [3.05, 3.63) is 42.1 Å². The number of pyridine rings is 1. The molecule has 4 heterocycles. The van der Waals surface area contributed by atoms with E-state index in [-0.39, 0.29) is 11.9 Å². The van der Waals surface area contributed by atoms with E-state index in [1.54, 1.807) is 25.4 Å². The van der Waals surface area contributed by atoms with E-state index in [1.807, 2.05) is 23.1 Å². The maximum Gasteiger partial charge on any atom is 0.255 e. The van der Waals surface area contributed by atoms with Gasteiger partial charge in [-0.25, -0.2) is 4.98 Å². The highest BCUT2D eigenvalue weighted by Gasteiger charge is 2.19. The molecule has 3 N–H and O–H groups in total. The molecular formula is C24H30N8O3. The summed E-state index contributed by atoms with van der Waals surface area (Å²) in [5.41, 5.74) is 8.46. The van der Waals surface area contributed by atoms with E-state index in [4.69, 9.17) is 15.2 Å². The fraction of sp³-hybridized carbons (Fsp3) is 0.417. The van der Waals surface area contributed by atoms with E-state index in [0.717, 1.165) is 50.4 Å². The van der Waals surface area contributed by atoms with Crippen LogP contribution in [0, 0.1) is 0 Å². The third kappa shape index (κ3) is 4.99. The van der Waals surface area contributed by atoms with Crippen molar-refractivity contribution < 1.29 is 14.3 Å². The van der Waals surface area contributed by atoms with Crippen molar-refractivity contribution in [1.29, 1.82) is 0 Å². The normalized spacial score (nSPS) is 16.3. The van der Waals surface area contributed by atoms with Gasteiger partial charge < -0.3 is 30.3 Å². The first-order valence-electron chi connectivity index (χ1n) is 11.9. The third-order valence-corrected chi connectivity index (χ3v) is 6.30. The molecule has 2 aliphatic heterocycles. The molecule has 11 heteroatoms. The minimum absolute atomic E-state index is 0.00490. The lowest BCUT2D eigenvalue weighted by Gasteiger charge is -2.29. The Morgan fingerprint density at radius 2 is 1.89 bits per heavy atom. The number of morpholine rings is 1. The zero-order valence-corrected chi connectivity index (χ0v) is 19.8.